The van der Waals surface area contributed by atoms with Crippen molar-refractivity contribution in [3.63, 3.8) is 0 Å². The first-order valence-electron chi connectivity index (χ1n) is 6.87. The molecule has 0 radical (unpaired) electrons. The van der Waals surface area contributed by atoms with Gasteiger partial charge in [0.05, 0.1) is 5.56 Å². The number of hydrogen-bond donors (Lipinski definition) is 1. The van der Waals surface area contributed by atoms with Crippen LogP contribution in [0.3, 0.4) is 0 Å². The topological polar surface area (TPSA) is 64.9 Å². The molecular formula is C17H17N3O. The summed E-state index contributed by atoms with van der Waals surface area (Å²) in [5, 5.41) is 4.07. The van der Waals surface area contributed by atoms with Gasteiger partial charge in [0.1, 0.15) is 0 Å². The van der Waals surface area contributed by atoms with Crippen molar-refractivity contribution in [1.82, 2.24) is 10.1 Å². The Morgan fingerprint density at radius 1 is 1.00 bits per heavy atom. The van der Waals surface area contributed by atoms with Crippen LogP contribution in [0.2, 0.25) is 0 Å². The first-order chi connectivity index (χ1) is 10.1. The van der Waals surface area contributed by atoms with Gasteiger partial charge in [0.2, 0.25) is 0 Å². The molecule has 3 rings (SSSR count). The SMILES string of the molecule is Cc1ccccc1Cc1noc(-c2c(C)cccc2N)n1. The first kappa shape index (κ1) is 13.4. The standard InChI is InChI=1S/C17H17N3O/c1-11-6-3-4-8-13(11)10-15-19-17(21-20-15)16-12(2)7-5-9-14(16)18/h3-9H,10,18H2,1-2H3. The molecule has 1 heterocycles. The average molecular weight is 279 g/mol. The van der Waals surface area contributed by atoms with E-state index in [4.69, 9.17) is 10.3 Å². The van der Waals surface area contributed by atoms with Gasteiger partial charge in [0, 0.05) is 12.1 Å². The minimum absolute atomic E-state index is 0.481. The molecule has 106 valence electrons. The van der Waals surface area contributed by atoms with Crippen LogP contribution in [-0.2, 0) is 6.42 Å². The van der Waals surface area contributed by atoms with Crippen molar-refractivity contribution in [2.45, 2.75) is 20.3 Å². The molecule has 1 aromatic heterocycles. The lowest BCUT2D eigenvalue weighted by Crippen LogP contribution is -1.95. The summed E-state index contributed by atoms with van der Waals surface area (Å²) in [5.41, 5.74) is 10.9. The van der Waals surface area contributed by atoms with E-state index in [1.54, 1.807) is 0 Å². The van der Waals surface area contributed by atoms with Crippen LogP contribution in [-0.4, -0.2) is 10.1 Å². The van der Waals surface area contributed by atoms with E-state index in [-0.39, 0.29) is 0 Å². The third-order valence-corrected chi connectivity index (χ3v) is 3.60. The minimum Gasteiger partial charge on any atom is -0.398 e. The lowest BCUT2D eigenvalue weighted by molar-refractivity contribution is 0.424. The summed E-state index contributed by atoms with van der Waals surface area (Å²) < 4.78 is 5.38. The van der Waals surface area contributed by atoms with Gasteiger partial charge in [-0.15, -0.1) is 0 Å². The number of aromatic nitrogens is 2. The molecule has 0 atom stereocenters. The Balaban J connectivity index is 1.92. The van der Waals surface area contributed by atoms with Crippen molar-refractivity contribution in [3.8, 4) is 11.5 Å². The van der Waals surface area contributed by atoms with E-state index in [9.17, 15) is 0 Å². The van der Waals surface area contributed by atoms with Gasteiger partial charge in [-0.25, -0.2) is 0 Å². The highest BCUT2D eigenvalue weighted by molar-refractivity contribution is 5.73. The zero-order valence-corrected chi connectivity index (χ0v) is 12.1. The smallest absolute Gasteiger partial charge is 0.260 e. The largest absolute Gasteiger partial charge is 0.398 e. The zero-order chi connectivity index (χ0) is 14.8. The summed E-state index contributed by atoms with van der Waals surface area (Å²) >= 11 is 0. The number of nitrogens with two attached hydrogens (primary N) is 1. The molecule has 0 aliphatic carbocycles. The van der Waals surface area contributed by atoms with Gasteiger partial charge < -0.3 is 10.3 Å². The molecule has 0 amide bonds. The number of aryl methyl sites for hydroxylation is 2. The Morgan fingerprint density at radius 3 is 2.52 bits per heavy atom. The van der Waals surface area contributed by atoms with Crippen molar-refractivity contribution in [2.75, 3.05) is 5.73 Å². The fraction of sp³-hybridized carbons (Fsp3) is 0.176. The van der Waals surface area contributed by atoms with E-state index < -0.39 is 0 Å². The predicted molar refractivity (Wildman–Crippen MR) is 82.9 cm³/mol. The molecule has 21 heavy (non-hydrogen) atoms. The summed E-state index contributed by atoms with van der Waals surface area (Å²) in [6.45, 7) is 4.06. The lowest BCUT2D eigenvalue weighted by Gasteiger charge is -2.03. The van der Waals surface area contributed by atoms with Crippen LogP contribution in [0.4, 0.5) is 5.69 Å². The Bertz CT molecular complexity index is 757. The van der Waals surface area contributed by atoms with E-state index in [1.165, 1.54) is 11.1 Å². The highest BCUT2D eigenvalue weighted by Gasteiger charge is 2.14. The maximum Gasteiger partial charge on any atom is 0.260 e. The van der Waals surface area contributed by atoms with Crippen molar-refractivity contribution in [3.05, 3.63) is 65.0 Å². The fourth-order valence-corrected chi connectivity index (χ4v) is 2.39. The molecule has 0 fully saturated rings. The fourth-order valence-electron chi connectivity index (χ4n) is 2.39. The van der Waals surface area contributed by atoms with Crippen LogP contribution < -0.4 is 5.73 Å². The van der Waals surface area contributed by atoms with E-state index in [0.717, 1.165) is 11.1 Å². The van der Waals surface area contributed by atoms with Gasteiger partial charge in [-0.05, 0) is 36.6 Å². The van der Waals surface area contributed by atoms with Gasteiger partial charge >= 0.3 is 0 Å². The number of nitrogens with zero attached hydrogens (tertiary/aromatic N) is 2. The molecule has 0 saturated heterocycles. The molecule has 0 unspecified atom stereocenters. The van der Waals surface area contributed by atoms with Crippen LogP contribution in [0.15, 0.2) is 47.0 Å². The molecule has 0 spiro atoms. The lowest BCUT2D eigenvalue weighted by atomic mass is 10.1. The Kier molecular flexibility index (Phi) is 3.44. The monoisotopic (exact) mass is 279 g/mol. The Morgan fingerprint density at radius 2 is 1.76 bits per heavy atom. The first-order valence-corrected chi connectivity index (χ1v) is 6.87. The molecule has 4 heteroatoms. The van der Waals surface area contributed by atoms with Gasteiger partial charge in [-0.1, -0.05) is 41.6 Å². The molecule has 0 aliphatic heterocycles. The van der Waals surface area contributed by atoms with E-state index in [2.05, 4.69) is 29.2 Å². The highest BCUT2D eigenvalue weighted by Crippen LogP contribution is 2.28. The van der Waals surface area contributed by atoms with E-state index in [0.29, 0.717) is 23.8 Å². The van der Waals surface area contributed by atoms with Crippen molar-refractivity contribution >= 4 is 5.69 Å². The summed E-state index contributed by atoms with van der Waals surface area (Å²) in [6, 6.07) is 13.9. The number of anilines is 1. The van der Waals surface area contributed by atoms with Crippen LogP contribution in [0.5, 0.6) is 0 Å². The predicted octanol–water partition coefficient (Wildman–Crippen LogP) is 3.53. The maximum atomic E-state index is 6.01. The van der Waals surface area contributed by atoms with Crippen LogP contribution in [0, 0.1) is 13.8 Å². The third kappa shape index (κ3) is 2.65. The molecule has 4 nitrogen and oxygen atoms in total. The molecule has 0 bridgehead atoms. The number of benzene rings is 2. The van der Waals surface area contributed by atoms with Gasteiger partial charge in [0.25, 0.3) is 5.89 Å². The van der Waals surface area contributed by atoms with Crippen molar-refractivity contribution in [2.24, 2.45) is 0 Å². The van der Waals surface area contributed by atoms with E-state index in [1.807, 2.05) is 37.3 Å². The second-order valence-electron chi connectivity index (χ2n) is 5.16. The zero-order valence-electron chi connectivity index (χ0n) is 12.1. The summed E-state index contributed by atoms with van der Waals surface area (Å²) in [4.78, 5) is 4.48. The highest BCUT2D eigenvalue weighted by atomic mass is 16.5. The normalized spacial score (nSPS) is 10.8. The summed E-state index contributed by atoms with van der Waals surface area (Å²) in [7, 11) is 0. The van der Waals surface area contributed by atoms with Gasteiger partial charge in [-0.3, -0.25) is 0 Å². The minimum atomic E-state index is 0.481. The maximum absolute atomic E-state index is 6.01. The van der Waals surface area contributed by atoms with Gasteiger partial charge in [0.15, 0.2) is 5.82 Å². The quantitative estimate of drug-likeness (QED) is 0.745. The molecule has 0 saturated carbocycles. The van der Waals surface area contributed by atoms with Gasteiger partial charge in [-0.2, -0.15) is 4.98 Å². The third-order valence-electron chi connectivity index (χ3n) is 3.60. The average Bonchev–Trinajstić information content (AvgIpc) is 2.89. The van der Waals surface area contributed by atoms with Crippen molar-refractivity contribution in [1.29, 1.82) is 0 Å². The molecular weight excluding hydrogens is 262 g/mol. The summed E-state index contributed by atoms with van der Waals surface area (Å²) in [5.74, 6) is 1.15. The number of nitrogen functional groups attached to an aromatic ring is 1. The van der Waals surface area contributed by atoms with E-state index >= 15 is 0 Å². The van der Waals surface area contributed by atoms with Crippen LogP contribution in [0.1, 0.15) is 22.5 Å². The molecule has 2 aromatic carbocycles. The van der Waals surface area contributed by atoms with Crippen LogP contribution >= 0.6 is 0 Å². The second kappa shape index (κ2) is 5.40. The molecule has 0 aliphatic rings. The second-order valence-corrected chi connectivity index (χ2v) is 5.16. The number of hydrogen-bond acceptors (Lipinski definition) is 4. The molecule has 3 aromatic rings. The summed E-state index contributed by atoms with van der Waals surface area (Å²) in [6.07, 6.45) is 0.655. The Labute approximate surface area is 123 Å². The Hall–Kier alpha value is -2.62. The number of rotatable bonds is 3. The van der Waals surface area contributed by atoms with Crippen molar-refractivity contribution < 1.29 is 4.52 Å². The molecule has 2 N–H and O–H groups in total. The van der Waals surface area contributed by atoms with Crippen LogP contribution in [0.25, 0.3) is 11.5 Å².